The highest BCUT2D eigenvalue weighted by Crippen LogP contribution is 2.44. The van der Waals surface area contributed by atoms with Gasteiger partial charge >= 0.3 is 0 Å². The fourth-order valence-corrected chi connectivity index (χ4v) is 6.14. The van der Waals surface area contributed by atoms with Crippen LogP contribution in [0.2, 0.25) is 0 Å². The topological polar surface area (TPSA) is 61.2 Å². The highest BCUT2D eigenvalue weighted by molar-refractivity contribution is 7.16. The van der Waals surface area contributed by atoms with E-state index in [0.717, 1.165) is 55.6 Å². The van der Waals surface area contributed by atoms with Gasteiger partial charge in [-0.25, -0.2) is 0 Å². The van der Waals surface area contributed by atoms with Crippen molar-refractivity contribution >= 4 is 22.2 Å². The maximum Gasteiger partial charge on any atom is 0.231 e. The third kappa shape index (κ3) is 3.63. The van der Waals surface area contributed by atoms with Gasteiger partial charge in [0, 0.05) is 17.4 Å². The summed E-state index contributed by atoms with van der Waals surface area (Å²) in [5, 5.41) is 4.17. The van der Waals surface area contributed by atoms with Crippen molar-refractivity contribution < 1.29 is 23.9 Å². The normalized spacial score (nSPS) is 19.6. The molecule has 0 radical (unpaired) electrons. The van der Waals surface area contributed by atoms with Gasteiger partial charge in [-0.3, -0.25) is 4.79 Å². The molecule has 0 unspecified atom stereocenters. The van der Waals surface area contributed by atoms with E-state index in [2.05, 4.69) is 17.4 Å². The van der Waals surface area contributed by atoms with E-state index in [1.54, 1.807) is 18.3 Å². The minimum absolute atomic E-state index is 0.00809. The Morgan fingerprint density at radius 3 is 2.76 bits per heavy atom. The SMILES string of the molecule is CC(=O)Nc1sc2c(c1[C@@H](c1ccc3c(c1)OCO3)[NH+]1CCOCC1)CCCC2. The van der Waals surface area contributed by atoms with Crippen LogP contribution in [-0.2, 0) is 22.4 Å². The maximum absolute atomic E-state index is 12.0. The summed E-state index contributed by atoms with van der Waals surface area (Å²) in [6.45, 7) is 5.29. The first-order valence-corrected chi connectivity index (χ1v) is 11.3. The fourth-order valence-electron chi connectivity index (χ4n) is 4.77. The lowest BCUT2D eigenvalue weighted by atomic mass is 9.88. The molecule has 0 spiro atoms. The number of carbonyl (C=O) groups excluding carboxylic acids is 1. The number of amides is 1. The van der Waals surface area contributed by atoms with Crippen LogP contribution in [-0.4, -0.2) is 39.0 Å². The lowest BCUT2D eigenvalue weighted by molar-refractivity contribution is -0.933. The van der Waals surface area contributed by atoms with Crippen LogP contribution in [0.25, 0.3) is 0 Å². The second-order valence-electron chi connectivity index (χ2n) is 7.95. The molecule has 7 heteroatoms. The first kappa shape index (κ1) is 18.9. The number of carbonyl (C=O) groups is 1. The number of ether oxygens (including phenoxy) is 3. The van der Waals surface area contributed by atoms with Crippen molar-refractivity contribution in [1.82, 2.24) is 0 Å². The molecule has 1 aromatic carbocycles. The van der Waals surface area contributed by atoms with Crippen molar-refractivity contribution in [1.29, 1.82) is 0 Å². The number of aryl methyl sites for hydroxylation is 1. The molecule has 1 aromatic heterocycles. The number of morpholine rings is 1. The Morgan fingerprint density at radius 2 is 1.93 bits per heavy atom. The lowest BCUT2D eigenvalue weighted by Crippen LogP contribution is -3.14. The standard InChI is InChI=1S/C22H26N2O4S/c1-14(25)23-22-20(16-4-2-3-5-19(16)29-22)21(24-8-10-26-11-9-24)15-6-7-17-18(12-15)28-13-27-17/h6-7,12,21H,2-5,8-11,13H2,1H3,(H,23,25)/p+1/t21-/m1/s1. The number of hydrogen-bond acceptors (Lipinski definition) is 5. The maximum atomic E-state index is 12.0. The second-order valence-corrected chi connectivity index (χ2v) is 9.06. The summed E-state index contributed by atoms with van der Waals surface area (Å²) in [5.41, 5.74) is 3.96. The van der Waals surface area contributed by atoms with Crippen LogP contribution in [0.3, 0.4) is 0 Å². The zero-order valence-corrected chi connectivity index (χ0v) is 17.5. The Balaban J connectivity index is 1.64. The van der Waals surface area contributed by atoms with Crippen LogP contribution < -0.4 is 19.7 Å². The average Bonchev–Trinajstić information content (AvgIpc) is 3.33. The summed E-state index contributed by atoms with van der Waals surface area (Å²) in [5.74, 6) is 1.61. The van der Waals surface area contributed by atoms with Crippen molar-refractivity contribution in [3.05, 3.63) is 39.8 Å². The summed E-state index contributed by atoms with van der Waals surface area (Å²) in [6, 6.07) is 6.44. The van der Waals surface area contributed by atoms with Gasteiger partial charge in [-0.1, -0.05) is 0 Å². The molecule has 2 N–H and O–H groups in total. The molecule has 29 heavy (non-hydrogen) atoms. The quantitative estimate of drug-likeness (QED) is 0.805. The molecule has 1 fully saturated rings. The third-order valence-corrected chi connectivity index (χ3v) is 7.29. The van der Waals surface area contributed by atoms with Crippen LogP contribution in [0.15, 0.2) is 18.2 Å². The minimum atomic E-state index is -0.00809. The zero-order valence-electron chi connectivity index (χ0n) is 16.7. The van der Waals surface area contributed by atoms with Gasteiger partial charge in [-0.15, -0.1) is 11.3 Å². The van der Waals surface area contributed by atoms with E-state index < -0.39 is 0 Å². The number of hydrogen-bond donors (Lipinski definition) is 2. The Hall–Kier alpha value is -2.09. The Morgan fingerprint density at radius 1 is 1.14 bits per heavy atom. The molecular weight excluding hydrogens is 388 g/mol. The molecule has 2 aliphatic heterocycles. The van der Waals surface area contributed by atoms with Crippen molar-refractivity contribution in [2.75, 3.05) is 38.4 Å². The molecule has 2 aromatic rings. The summed E-state index contributed by atoms with van der Waals surface area (Å²) in [7, 11) is 0. The van der Waals surface area contributed by atoms with Crippen LogP contribution in [0.5, 0.6) is 11.5 Å². The molecule has 1 saturated heterocycles. The second kappa shape index (κ2) is 7.97. The number of nitrogens with one attached hydrogen (secondary N) is 2. The van der Waals surface area contributed by atoms with Crippen LogP contribution in [0.4, 0.5) is 5.00 Å². The van der Waals surface area contributed by atoms with E-state index in [1.165, 1.54) is 39.3 Å². The Kier molecular flexibility index (Phi) is 5.20. The van der Waals surface area contributed by atoms with Crippen molar-refractivity contribution in [2.24, 2.45) is 0 Å². The van der Waals surface area contributed by atoms with Crippen molar-refractivity contribution in [2.45, 2.75) is 38.6 Å². The number of quaternary nitrogens is 1. The molecule has 6 nitrogen and oxygen atoms in total. The molecule has 1 aliphatic carbocycles. The molecule has 0 saturated carbocycles. The zero-order chi connectivity index (χ0) is 19.8. The number of anilines is 1. The first-order chi connectivity index (χ1) is 14.2. The Bertz CT molecular complexity index is 920. The van der Waals surface area contributed by atoms with Gasteiger partial charge in [0.1, 0.15) is 24.1 Å². The number of fused-ring (bicyclic) bond motifs is 2. The fraction of sp³-hybridized carbons (Fsp3) is 0.500. The summed E-state index contributed by atoms with van der Waals surface area (Å²) >= 11 is 1.77. The number of thiophene rings is 1. The highest BCUT2D eigenvalue weighted by atomic mass is 32.1. The monoisotopic (exact) mass is 415 g/mol. The van der Waals surface area contributed by atoms with Gasteiger partial charge < -0.3 is 24.4 Å². The van der Waals surface area contributed by atoms with Gasteiger partial charge in [0.25, 0.3) is 0 Å². The predicted octanol–water partition coefficient (Wildman–Crippen LogP) is 2.32. The van der Waals surface area contributed by atoms with E-state index >= 15 is 0 Å². The highest BCUT2D eigenvalue weighted by Gasteiger charge is 2.36. The molecule has 0 bridgehead atoms. The average molecular weight is 416 g/mol. The number of benzene rings is 1. The largest absolute Gasteiger partial charge is 0.454 e. The molecule has 1 amide bonds. The Labute approximate surface area is 174 Å². The van der Waals surface area contributed by atoms with Crippen LogP contribution in [0, 0.1) is 0 Å². The van der Waals surface area contributed by atoms with Crippen LogP contribution in [0.1, 0.15) is 47.4 Å². The van der Waals surface area contributed by atoms with Crippen molar-refractivity contribution in [3.8, 4) is 11.5 Å². The molecule has 5 rings (SSSR count). The molecule has 3 heterocycles. The molecule has 3 aliphatic rings. The van der Waals surface area contributed by atoms with Gasteiger partial charge in [-0.2, -0.15) is 0 Å². The van der Waals surface area contributed by atoms with E-state index in [9.17, 15) is 4.79 Å². The van der Waals surface area contributed by atoms with Crippen LogP contribution >= 0.6 is 11.3 Å². The van der Waals surface area contributed by atoms with E-state index in [1.807, 2.05) is 6.07 Å². The van der Waals surface area contributed by atoms with Gasteiger partial charge in [0.05, 0.1) is 18.8 Å². The van der Waals surface area contributed by atoms with E-state index in [4.69, 9.17) is 14.2 Å². The molecular formula is C22H27N2O4S+. The summed E-state index contributed by atoms with van der Waals surface area (Å²) < 4.78 is 16.9. The smallest absolute Gasteiger partial charge is 0.231 e. The molecule has 1 atom stereocenters. The minimum Gasteiger partial charge on any atom is -0.454 e. The summed E-state index contributed by atoms with van der Waals surface area (Å²) in [6.07, 6.45) is 4.64. The van der Waals surface area contributed by atoms with Gasteiger partial charge in [-0.05, 0) is 49.4 Å². The summed E-state index contributed by atoms with van der Waals surface area (Å²) in [4.78, 5) is 14.9. The molecule has 154 valence electrons. The van der Waals surface area contributed by atoms with Gasteiger partial charge in [0.2, 0.25) is 12.7 Å². The lowest BCUT2D eigenvalue weighted by Gasteiger charge is -2.33. The first-order valence-electron chi connectivity index (χ1n) is 10.4. The van der Waals surface area contributed by atoms with E-state index in [-0.39, 0.29) is 18.7 Å². The predicted molar refractivity (Wildman–Crippen MR) is 111 cm³/mol. The van der Waals surface area contributed by atoms with Crippen molar-refractivity contribution in [3.63, 3.8) is 0 Å². The third-order valence-electron chi connectivity index (χ3n) is 6.06. The van der Waals surface area contributed by atoms with E-state index in [0.29, 0.717) is 0 Å². The van der Waals surface area contributed by atoms with Gasteiger partial charge in [0.15, 0.2) is 11.5 Å². The number of rotatable bonds is 4.